The van der Waals surface area contributed by atoms with Gasteiger partial charge >= 0.3 is 0 Å². The topological polar surface area (TPSA) is 29.3 Å². The van der Waals surface area contributed by atoms with E-state index in [2.05, 4.69) is 25.9 Å². The summed E-state index contributed by atoms with van der Waals surface area (Å²) in [5.74, 6) is 2.24. The Bertz CT molecular complexity index is 88.5. The lowest BCUT2D eigenvalue weighted by Gasteiger charge is -2.18. The number of nitrogens with zero attached hydrogens (tertiary/aromatic N) is 1. The van der Waals surface area contributed by atoms with Gasteiger partial charge in [0.2, 0.25) is 0 Å². The van der Waals surface area contributed by atoms with Gasteiger partial charge in [0, 0.05) is 24.1 Å². The average molecular weight is 194 g/mol. The van der Waals surface area contributed by atoms with Gasteiger partial charge in [-0.3, -0.25) is 0 Å². The van der Waals surface area contributed by atoms with Gasteiger partial charge in [0.25, 0.3) is 0 Å². The molecule has 1 atom stereocenters. The Labute approximate surface area is 77.7 Å². The molecule has 0 aliphatic carbocycles. The number of nitrogens with two attached hydrogens (primary N) is 1. The molecule has 4 heteroatoms. The van der Waals surface area contributed by atoms with Crippen molar-refractivity contribution in [1.29, 1.82) is 0 Å². The lowest BCUT2D eigenvalue weighted by Crippen LogP contribution is -2.26. The minimum atomic E-state index is 0.658. The maximum absolute atomic E-state index is 5.36. The van der Waals surface area contributed by atoms with E-state index in [0.29, 0.717) is 6.04 Å². The summed E-state index contributed by atoms with van der Waals surface area (Å²) in [6.07, 6.45) is 0. The van der Waals surface area contributed by atoms with E-state index < -0.39 is 0 Å². The molecule has 0 aliphatic heterocycles. The summed E-state index contributed by atoms with van der Waals surface area (Å²) in [6.45, 7) is 3.02. The number of hydrogen-bond acceptors (Lipinski definition) is 4. The third-order valence-corrected chi connectivity index (χ3v) is 4.07. The lowest BCUT2D eigenvalue weighted by atomic mass is 10.4. The summed E-state index contributed by atoms with van der Waals surface area (Å²) in [6, 6.07) is 0.658. The van der Waals surface area contributed by atoms with Gasteiger partial charge < -0.3 is 10.6 Å². The van der Waals surface area contributed by atoms with Gasteiger partial charge in [0.1, 0.15) is 0 Å². The van der Waals surface area contributed by atoms with Crippen LogP contribution in [-0.4, -0.2) is 43.1 Å². The van der Waals surface area contributed by atoms with E-state index >= 15 is 0 Å². The molecule has 0 amide bonds. The van der Waals surface area contributed by atoms with Crippen LogP contribution in [0.1, 0.15) is 6.92 Å². The van der Waals surface area contributed by atoms with Gasteiger partial charge in [-0.1, -0.05) is 21.6 Å². The van der Waals surface area contributed by atoms with Crippen molar-refractivity contribution in [1.82, 2.24) is 4.90 Å². The Kier molecular flexibility index (Phi) is 7.69. The molecular weight excluding hydrogens is 176 g/mol. The van der Waals surface area contributed by atoms with Crippen molar-refractivity contribution in [3.63, 3.8) is 0 Å². The Hall–Kier alpha value is 0.620. The Balaban J connectivity index is 3.10. The van der Waals surface area contributed by atoms with Crippen LogP contribution in [0.2, 0.25) is 0 Å². The van der Waals surface area contributed by atoms with Gasteiger partial charge in [0.05, 0.1) is 0 Å². The van der Waals surface area contributed by atoms with Crippen LogP contribution in [0.25, 0.3) is 0 Å². The van der Waals surface area contributed by atoms with E-state index in [9.17, 15) is 0 Å². The molecule has 0 saturated carbocycles. The molecule has 2 N–H and O–H groups in total. The van der Waals surface area contributed by atoms with E-state index in [1.165, 1.54) is 5.75 Å². The molecular formula is C7H18N2S2. The SMILES string of the molecule is CC(CSSCCN)N(C)C. The lowest BCUT2D eigenvalue weighted by molar-refractivity contribution is 0.340. The normalized spacial score (nSPS) is 13.9. The predicted molar refractivity (Wildman–Crippen MR) is 57.1 cm³/mol. The van der Waals surface area contributed by atoms with Crippen LogP contribution in [0.15, 0.2) is 0 Å². The molecule has 0 aromatic rings. The van der Waals surface area contributed by atoms with E-state index in [4.69, 9.17) is 5.73 Å². The van der Waals surface area contributed by atoms with E-state index in [1.807, 2.05) is 21.6 Å². The van der Waals surface area contributed by atoms with Gasteiger partial charge in [-0.2, -0.15) is 0 Å². The molecule has 0 radical (unpaired) electrons. The minimum Gasteiger partial charge on any atom is -0.330 e. The van der Waals surface area contributed by atoms with Crippen molar-refractivity contribution >= 4 is 21.6 Å². The third kappa shape index (κ3) is 7.00. The Morgan fingerprint density at radius 2 is 2.00 bits per heavy atom. The number of hydrogen-bond donors (Lipinski definition) is 1. The van der Waals surface area contributed by atoms with Crippen molar-refractivity contribution in [2.75, 3.05) is 32.1 Å². The zero-order chi connectivity index (χ0) is 8.69. The maximum Gasteiger partial charge on any atom is 0.0190 e. The molecule has 1 unspecified atom stereocenters. The molecule has 0 aliphatic rings. The van der Waals surface area contributed by atoms with Gasteiger partial charge in [-0.05, 0) is 21.0 Å². The molecule has 0 spiro atoms. The van der Waals surface area contributed by atoms with Gasteiger partial charge in [-0.15, -0.1) is 0 Å². The highest BCUT2D eigenvalue weighted by molar-refractivity contribution is 8.76. The fourth-order valence-electron chi connectivity index (χ4n) is 0.403. The number of rotatable bonds is 6. The molecule has 0 fully saturated rings. The fraction of sp³-hybridized carbons (Fsp3) is 1.00. The van der Waals surface area contributed by atoms with Gasteiger partial charge in [-0.25, -0.2) is 0 Å². The quantitative estimate of drug-likeness (QED) is 0.509. The van der Waals surface area contributed by atoms with E-state index in [1.54, 1.807) is 0 Å². The van der Waals surface area contributed by atoms with Gasteiger partial charge in [0.15, 0.2) is 0 Å². The molecule has 0 saturated heterocycles. The molecule has 0 aromatic heterocycles. The smallest absolute Gasteiger partial charge is 0.0190 e. The van der Waals surface area contributed by atoms with Crippen LogP contribution >= 0.6 is 21.6 Å². The summed E-state index contributed by atoms with van der Waals surface area (Å²) in [5.41, 5.74) is 5.36. The summed E-state index contributed by atoms with van der Waals surface area (Å²) in [7, 11) is 7.99. The first-order chi connectivity index (χ1) is 5.18. The molecule has 0 heterocycles. The van der Waals surface area contributed by atoms with Crippen molar-refractivity contribution in [2.45, 2.75) is 13.0 Å². The Morgan fingerprint density at radius 1 is 1.36 bits per heavy atom. The summed E-state index contributed by atoms with van der Waals surface area (Å²) < 4.78 is 0. The first-order valence-corrected chi connectivity index (χ1v) is 6.28. The highest BCUT2D eigenvalue weighted by Gasteiger charge is 2.03. The zero-order valence-electron chi connectivity index (χ0n) is 7.54. The second-order valence-electron chi connectivity index (χ2n) is 2.71. The third-order valence-electron chi connectivity index (χ3n) is 1.48. The van der Waals surface area contributed by atoms with Crippen LogP contribution < -0.4 is 5.73 Å². The van der Waals surface area contributed by atoms with Crippen molar-refractivity contribution in [3.05, 3.63) is 0 Å². The fourth-order valence-corrected chi connectivity index (χ4v) is 2.73. The highest BCUT2D eigenvalue weighted by Crippen LogP contribution is 2.21. The second-order valence-corrected chi connectivity index (χ2v) is 5.34. The standard InChI is InChI=1S/C7H18N2S2/c1-7(9(2)3)6-11-10-5-4-8/h7H,4-6,8H2,1-3H3. The summed E-state index contributed by atoms with van der Waals surface area (Å²) >= 11 is 0. The first kappa shape index (κ1) is 11.6. The van der Waals surface area contributed by atoms with Crippen molar-refractivity contribution in [3.8, 4) is 0 Å². The maximum atomic E-state index is 5.36. The molecule has 0 aromatic carbocycles. The van der Waals surface area contributed by atoms with Crippen LogP contribution in [0.3, 0.4) is 0 Å². The second kappa shape index (κ2) is 7.28. The molecule has 0 bridgehead atoms. The molecule has 68 valence electrons. The van der Waals surface area contributed by atoms with Crippen molar-refractivity contribution in [2.24, 2.45) is 5.73 Å². The largest absolute Gasteiger partial charge is 0.330 e. The average Bonchev–Trinajstić information content (AvgIpc) is 1.97. The van der Waals surface area contributed by atoms with Crippen LogP contribution in [0.5, 0.6) is 0 Å². The minimum absolute atomic E-state index is 0.658. The zero-order valence-corrected chi connectivity index (χ0v) is 9.17. The van der Waals surface area contributed by atoms with Crippen molar-refractivity contribution < 1.29 is 0 Å². The van der Waals surface area contributed by atoms with E-state index in [-0.39, 0.29) is 0 Å². The van der Waals surface area contributed by atoms with E-state index in [0.717, 1.165) is 12.3 Å². The highest BCUT2D eigenvalue weighted by atomic mass is 33.1. The molecule has 2 nitrogen and oxygen atoms in total. The van der Waals surface area contributed by atoms with Crippen LogP contribution in [0, 0.1) is 0 Å². The molecule has 0 rings (SSSR count). The van der Waals surface area contributed by atoms with Crippen LogP contribution in [-0.2, 0) is 0 Å². The summed E-state index contributed by atoms with van der Waals surface area (Å²) in [4.78, 5) is 2.23. The van der Waals surface area contributed by atoms with Crippen LogP contribution in [0.4, 0.5) is 0 Å². The first-order valence-electron chi connectivity index (χ1n) is 3.79. The predicted octanol–water partition coefficient (Wildman–Crippen LogP) is 1.28. The molecule has 11 heavy (non-hydrogen) atoms. The monoisotopic (exact) mass is 194 g/mol. The Morgan fingerprint density at radius 3 is 2.45 bits per heavy atom. The summed E-state index contributed by atoms with van der Waals surface area (Å²) in [5, 5.41) is 0.